The van der Waals surface area contributed by atoms with Gasteiger partial charge in [-0.15, -0.1) is 0 Å². The zero-order valence-corrected chi connectivity index (χ0v) is 18.5. The van der Waals surface area contributed by atoms with Gasteiger partial charge in [0.1, 0.15) is 5.78 Å². The first kappa shape index (κ1) is 24.5. The number of hydrogen-bond donors (Lipinski definition) is 2. The molecule has 2 N–H and O–H groups in total. The Labute approximate surface area is 169 Å². The van der Waals surface area contributed by atoms with Crippen LogP contribution in [0.2, 0.25) is 0 Å². The molecule has 0 aliphatic carbocycles. The molecule has 162 valence electrons. The predicted octanol–water partition coefficient (Wildman–Crippen LogP) is 4.73. The van der Waals surface area contributed by atoms with Crippen molar-refractivity contribution in [3.8, 4) is 11.8 Å². The number of nitrogens with zero attached hydrogens (tertiary/aromatic N) is 1. The van der Waals surface area contributed by atoms with E-state index >= 15 is 0 Å². The smallest absolute Gasteiger partial charge is 0.196 e. The number of aryl methyl sites for hydroxylation is 1. The standard InChI is InChI=1S/C22H39NO5/c1-7-22(8-2,12-13-23-19(25)16-17(3)20(23)26)28-15-14-27-21(5,6)11-9-10-18(4)24/h16,25-26H,7-15H2,1-6H3. The normalized spacial score (nSPS) is 12.5. The van der Waals surface area contributed by atoms with Crippen molar-refractivity contribution in [1.29, 1.82) is 0 Å². The molecule has 0 unspecified atom stereocenters. The van der Waals surface area contributed by atoms with E-state index < -0.39 is 0 Å². The molecule has 1 heterocycles. The van der Waals surface area contributed by atoms with Crippen molar-refractivity contribution in [3.63, 3.8) is 0 Å². The van der Waals surface area contributed by atoms with E-state index in [1.807, 2.05) is 13.8 Å². The molecule has 0 bridgehead atoms. The number of carbonyl (C=O) groups is 1. The van der Waals surface area contributed by atoms with Crippen molar-refractivity contribution >= 4 is 5.78 Å². The molecule has 1 rings (SSSR count). The first-order valence-corrected chi connectivity index (χ1v) is 10.4. The molecular weight excluding hydrogens is 358 g/mol. The first-order valence-electron chi connectivity index (χ1n) is 10.4. The van der Waals surface area contributed by atoms with E-state index in [-0.39, 0.29) is 28.7 Å². The molecule has 28 heavy (non-hydrogen) atoms. The molecule has 0 spiro atoms. The average Bonchev–Trinajstić information content (AvgIpc) is 2.86. The van der Waals surface area contributed by atoms with Crippen molar-refractivity contribution in [2.24, 2.45) is 0 Å². The van der Waals surface area contributed by atoms with Crippen LogP contribution in [0.3, 0.4) is 0 Å². The molecule has 1 aromatic heterocycles. The van der Waals surface area contributed by atoms with Gasteiger partial charge in [-0.25, -0.2) is 0 Å². The van der Waals surface area contributed by atoms with Gasteiger partial charge in [0.05, 0.1) is 24.4 Å². The quantitative estimate of drug-likeness (QED) is 0.444. The minimum Gasteiger partial charge on any atom is -0.494 e. The third kappa shape index (κ3) is 7.47. The summed E-state index contributed by atoms with van der Waals surface area (Å²) in [6.07, 6.45) is 4.64. The van der Waals surface area contributed by atoms with E-state index in [0.717, 1.165) is 25.7 Å². The van der Waals surface area contributed by atoms with Gasteiger partial charge in [-0.1, -0.05) is 13.8 Å². The molecule has 0 saturated carbocycles. The van der Waals surface area contributed by atoms with Crippen LogP contribution >= 0.6 is 0 Å². The summed E-state index contributed by atoms with van der Waals surface area (Å²) in [5.74, 6) is 0.394. The lowest BCUT2D eigenvalue weighted by atomic mass is 9.93. The topological polar surface area (TPSA) is 80.9 Å². The van der Waals surface area contributed by atoms with Crippen molar-refractivity contribution in [3.05, 3.63) is 11.6 Å². The predicted molar refractivity (Wildman–Crippen MR) is 111 cm³/mol. The number of aromatic nitrogens is 1. The first-order chi connectivity index (χ1) is 13.1. The second kappa shape index (κ2) is 10.9. The van der Waals surface area contributed by atoms with Gasteiger partial charge in [0.15, 0.2) is 11.8 Å². The maximum atomic E-state index is 11.1. The summed E-state index contributed by atoms with van der Waals surface area (Å²) >= 11 is 0. The molecule has 0 saturated heterocycles. The van der Waals surface area contributed by atoms with Gasteiger partial charge in [-0.3, -0.25) is 4.57 Å². The maximum Gasteiger partial charge on any atom is 0.196 e. The summed E-state index contributed by atoms with van der Waals surface area (Å²) in [6, 6.07) is 1.57. The highest BCUT2D eigenvalue weighted by Crippen LogP contribution is 2.31. The van der Waals surface area contributed by atoms with Crippen molar-refractivity contribution < 1.29 is 24.5 Å². The molecule has 0 aliphatic rings. The van der Waals surface area contributed by atoms with Gasteiger partial charge in [0, 0.05) is 24.6 Å². The highest BCUT2D eigenvalue weighted by molar-refractivity contribution is 5.75. The van der Waals surface area contributed by atoms with Gasteiger partial charge in [-0.2, -0.15) is 0 Å². The Hall–Kier alpha value is -1.53. The minimum atomic E-state index is -0.320. The summed E-state index contributed by atoms with van der Waals surface area (Å²) in [4.78, 5) is 11.1. The summed E-state index contributed by atoms with van der Waals surface area (Å²) in [7, 11) is 0. The Morgan fingerprint density at radius 3 is 2.21 bits per heavy atom. The summed E-state index contributed by atoms with van der Waals surface area (Å²) in [5, 5.41) is 20.1. The lowest BCUT2D eigenvalue weighted by molar-refractivity contribution is -0.118. The molecule has 6 nitrogen and oxygen atoms in total. The third-order valence-corrected chi connectivity index (χ3v) is 5.60. The van der Waals surface area contributed by atoms with Crippen LogP contribution in [-0.2, 0) is 20.8 Å². The Morgan fingerprint density at radius 2 is 1.71 bits per heavy atom. The second-order valence-corrected chi connectivity index (χ2v) is 8.31. The number of aromatic hydroxyl groups is 2. The SMILES string of the molecule is CCC(CC)(CCn1c(O)cc(C)c1O)OCCOC(C)(C)CCCC(C)=O. The summed E-state index contributed by atoms with van der Waals surface area (Å²) in [6.45, 7) is 13.1. The van der Waals surface area contributed by atoms with E-state index in [9.17, 15) is 15.0 Å². The van der Waals surface area contributed by atoms with Crippen molar-refractivity contribution in [1.82, 2.24) is 4.57 Å². The lowest BCUT2D eigenvalue weighted by Crippen LogP contribution is -2.35. The Balaban J connectivity index is 2.51. The number of ketones is 1. The minimum absolute atomic E-state index is 0.0757. The molecule has 0 aromatic carbocycles. The largest absolute Gasteiger partial charge is 0.494 e. The molecule has 0 atom stereocenters. The zero-order chi connectivity index (χ0) is 21.4. The summed E-state index contributed by atoms with van der Waals surface area (Å²) in [5.41, 5.74) is 0.0664. The Bertz CT molecular complexity index is 617. The van der Waals surface area contributed by atoms with Crippen LogP contribution in [0.15, 0.2) is 6.07 Å². The van der Waals surface area contributed by atoms with Crippen LogP contribution in [0.5, 0.6) is 11.8 Å². The molecule has 0 radical (unpaired) electrons. The second-order valence-electron chi connectivity index (χ2n) is 8.31. The van der Waals surface area contributed by atoms with E-state index in [4.69, 9.17) is 9.47 Å². The molecule has 0 fully saturated rings. The fourth-order valence-corrected chi connectivity index (χ4v) is 3.48. The molecular formula is C22H39NO5. The van der Waals surface area contributed by atoms with Crippen molar-refractivity contribution in [2.75, 3.05) is 13.2 Å². The van der Waals surface area contributed by atoms with Crippen LogP contribution in [0.1, 0.15) is 78.7 Å². The monoisotopic (exact) mass is 397 g/mol. The molecule has 0 aliphatic heterocycles. The number of ether oxygens (including phenoxy) is 2. The van der Waals surface area contributed by atoms with Gasteiger partial charge in [0.2, 0.25) is 0 Å². The van der Waals surface area contributed by atoms with Gasteiger partial charge >= 0.3 is 0 Å². The number of Topliss-reactive ketones (excluding diaryl/α,β-unsaturated/α-hetero) is 1. The summed E-state index contributed by atoms with van der Waals surface area (Å²) < 4.78 is 13.7. The number of carbonyl (C=O) groups excluding carboxylic acids is 1. The van der Waals surface area contributed by atoms with Crippen LogP contribution in [0, 0.1) is 6.92 Å². The fourth-order valence-electron chi connectivity index (χ4n) is 3.48. The van der Waals surface area contributed by atoms with E-state index in [1.165, 1.54) is 4.57 Å². The van der Waals surface area contributed by atoms with Crippen LogP contribution in [0.4, 0.5) is 0 Å². The Morgan fingerprint density at radius 1 is 1.11 bits per heavy atom. The van der Waals surface area contributed by atoms with Gasteiger partial charge in [-0.05, 0) is 59.8 Å². The van der Waals surface area contributed by atoms with Crippen LogP contribution in [0.25, 0.3) is 0 Å². The highest BCUT2D eigenvalue weighted by atomic mass is 16.5. The Kier molecular flexibility index (Phi) is 9.51. The average molecular weight is 398 g/mol. The molecule has 6 heteroatoms. The fraction of sp³-hybridized carbons (Fsp3) is 0.773. The van der Waals surface area contributed by atoms with E-state index in [0.29, 0.717) is 38.2 Å². The van der Waals surface area contributed by atoms with Gasteiger partial charge in [0.25, 0.3) is 0 Å². The maximum absolute atomic E-state index is 11.1. The van der Waals surface area contributed by atoms with E-state index in [2.05, 4.69) is 13.8 Å². The van der Waals surface area contributed by atoms with Crippen molar-refractivity contribution in [2.45, 2.75) is 97.8 Å². The van der Waals surface area contributed by atoms with Crippen LogP contribution < -0.4 is 0 Å². The van der Waals surface area contributed by atoms with Crippen LogP contribution in [-0.4, -0.2) is 45.0 Å². The van der Waals surface area contributed by atoms with Gasteiger partial charge < -0.3 is 24.5 Å². The third-order valence-electron chi connectivity index (χ3n) is 5.60. The number of hydrogen-bond acceptors (Lipinski definition) is 5. The highest BCUT2D eigenvalue weighted by Gasteiger charge is 2.28. The van der Waals surface area contributed by atoms with E-state index in [1.54, 1.807) is 19.9 Å². The molecule has 0 amide bonds. The number of rotatable bonds is 14. The molecule has 1 aromatic rings. The lowest BCUT2D eigenvalue weighted by Gasteiger charge is -2.33. The zero-order valence-electron chi connectivity index (χ0n) is 18.5.